The molecular formula is C15H19BrFNO3. The molecule has 1 amide bonds. The highest BCUT2D eigenvalue weighted by Gasteiger charge is 2.29. The fraction of sp³-hybridized carbons (Fsp3) is 0.533. The van der Waals surface area contributed by atoms with E-state index in [1.807, 2.05) is 20.8 Å². The second-order valence-corrected chi connectivity index (χ2v) is 6.81. The summed E-state index contributed by atoms with van der Waals surface area (Å²) >= 11 is 3.12. The van der Waals surface area contributed by atoms with E-state index in [2.05, 4.69) is 15.9 Å². The van der Waals surface area contributed by atoms with Crippen LogP contribution in [-0.2, 0) is 9.47 Å². The SMILES string of the molecule is CC(C)(C)OC(=O)N1CCO[C@H](c2ccc(Br)c(F)c2)C1. The lowest BCUT2D eigenvalue weighted by atomic mass is 10.1. The van der Waals surface area contributed by atoms with E-state index in [0.717, 1.165) is 0 Å². The molecule has 0 saturated carbocycles. The molecule has 6 heteroatoms. The van der Waals surface area contributed by atoms with Crippen LogP contribution in [0.1, 0.15) is 32.4 Å². The molecule has 0 aliphatic carbocycles. The molecule has 116 valence electrons. The summed E-state index contributed by atoms with van der Waals surface area (Å²) in [6, 6.07) is 4.85. The van der Waals surface area contributed by atoms with Gasteiger partial charge in [0.25, 0.3) is 0 Å². The van der Waals surface area contributed by atoms with E-state index in [0.29, 0.717) is 29.7 Å². The van der Waals surface area contributed by atoms with Gasteiger partial charge in [-0.25, -0.2) is 9.18 Å². The Bertz CT molecular complexity index is 530. The van der Waals surface area contributed by atoms with Crippen molar-refractivity contribution in [3.63, 3.8) is 0 Å². The Morgan fingerprint density at radius 2 is 2.19 bits per heavy atom. The van der Waals surface area contributed by atoms with Crippen LogP contribution in [0.15, 0.2) is 22.7 Å². The van der Waals surface area contributed by atoms with Crippen molar-refractivity contribution < 1.29 is 18.7 Å². The van der Waals surface area contributed by atoms with E-state index in [9.17, 15) is 9.18 Å². The molecule has 0 aromatic heterocycles. The van der Waals surface area contributed by atoms with Crippen molar-refractivity contribution in [2.45, 2.75) is 32.5 Å². The summed E-state index contributed by atoms with van der Waals surface area (Å²) in [5.74, 6) is -0.342. The molecule has 4 nitrogen and oxygen atoms in total. The van der Waals surface area contributed by atoms with Gasteiger partial charge in [0.05, 0.1) is 17.6 Å². The van der Waals surface area contributed by atoms with E-state index in [1.54, 1.807) is 17.0 Å². The molecule has 1 fully saturated rings. The smallest absolute Gasteiger partial charge is 0.410 e. The van der Waals surface area contributed by atoms with Gasteiger partial charge in [-0.15, -0.1) is 0 Å². The first-order valence-electron chi connectivity index (χ1n) is 6.81. The summed E-state index contributed by atoms with van der Waals surface area (Å²) in [5, 5.41) is 0. The number of hydrogen-bond acceptors (Lipinski definition) is 3. The van der Waals surface area contributed by atoms with Gasteiger partial charge in [-0.2, -0.15) is 0 Å². The summed E-state index contributed by atoms with van der Waals surface area (Å²) in [6.07, 6.45) is -0.706. The average Bonchev–Trinajstić information content (AvgIpc) is 2.40. The fourth-order valence-electron chi connectivity index (χ4n) is 2.06. The normalized spacial score (nSPS) is 19.5. The zero-order valence-electron chi connectivity index (χ0n) is 12.4. The number of ether oxygens (including phenoxy) is 2. The molecule has 0 spiro atoms. The molecule has 0 radical (unpaired) electrons. The number of nitrogens with zero attached hydrogens (tertiary/aromatic N) is 1. The van der Waals surface area contributed by atoms with Crippen molar-refractivity contribution in [3.05, 3.63) is 34.1 Å². The fourth-order valence-corrected chi connectivity index (χ4v) is 2.30. The molecule has 1 aromatic rings. The van der Waals surface area contributed by atoms with Gasteiger partial charge in [-0.1, -0.05) is 6.07 Å². The number of morpholine rings is 1. The van der Waals surface area contributed by atoms with E-state index in [-0.39, 0.29) is 18.0 Å². The van der Waals surface area contributed by atoms with Crippen molar-refractivity contribution in [1.82, 2.24) is 4.90 Å². The van der Waals surface area contributed by atoms with Crippen LogP contribution < -0.4 is 0 Å². The third-order valence-electron chi connectivity index (χ3n) is 3.03. The predicted molar refractivity (Wildman–Crippen MR) is 80.6 cm³/mol. The highest BCUT2D eigenvalue weighted by atomic mass is 79.9. The van der Waals surface area contributed by atoms with E-state index in [1.165, 1.54) is 6.07 Å². The van der Waals surface area contributed by atoms with Gasteiger partial charge >= 0.3 is 6.09 Å². The van der Waals surface area contributed by atoms with Crippen LogP contribution in [-0.4, -0.2) is 36.3 Å². The molecule has 21 heavy (non-hydrogen) atoms. The van der Waals surface area contributed by atoms with E-state index < -0.39 is 5.60 Å². The predicted octanol–water partition coefficient (Wildman–Crippen LogP) is 3.90. The zero-order valence-corrected chi connectivity index (χ0v) is 13.9. The average molecular weight is 360 g/mol. The van der Waals surface area contributed by atoms with Crippen molar-refractivity contribution in [2.24, 2.45) is 0 Å². The molecule has 1 heterocycles. The molecule has 0 N–H and O–H groups in total. The highest BCUT2D eigenvalue weighted by Crippen LogP contribution is 2.26. The summed E-state index contributed by atoms with van der Waals surface area (Å²) in [6.45, 7) is 6.72. The molecule has 0 bridgehead atoms. The molecule has 0 unspecified atom stereocenters. The minimum Gasteiger partial charge on any atom is -0.444 e. The summed E-state index contributed by atoms with van der Waals surface area (Å²) < 4.78 is 25.0. The maximum Gasteiger partial charge on any atom is 0.410 e. The Labute approximate surface area is 132 Å². The van der Waals surface area contributed by atoms with Crippen LogP contribution in [0.2, 0.25) is 0 Å². The van der Waals surface area contributed by atoms with Crippen LogP contribution in [0.4, 0.5) is 9.18 Å². The van der Waals surface area contributed by atoms with Gasteiger partial charge in [-0.3, -0.25) is 0 Å². The summed E-state index contributed by atoms with van der Waals surface area (Å²) in [4.78, 5) is 13.7. The first-order valence-corrected chi connectivity index (χ1v) is 7.60. The quantitative estimate of drug-likeness (QED) is 0.763. The second-order valence-electron chi connectivity index (χ2n) is 5.96. The second kappa shape index (κ2) is 6.32. The summed E-state index contributed by atoms with van der Waals surface area (Å²) in [5.41, 5.74) is 0.179. The number of amides is 1. The molecule has 1 aliphatic heterocycles. The lowest BCUT2D eigenvalue weighted by Gasteiger charge is -2.34. The number of rotatable bonds is 1. The molecule has 1 saturated heterocycles. The van der Waals surface area contributed by atoms with Gasteiger partial charge in [0, 0.05) is 6.54 Å². The monoisotopic (exact) mass is 359 g/mol. The number of hydrogen-bond donors (Lipinski definition) is 0. The highest BCUT2D eigenvalue weighted by molar-refractivity contribution is 9.10. The molecular weight excluding hydrogens is 341 g/mol. The molecule has 1 aromatic carbocycles. The van der Waals surface area contributed by atoms with Gasteiger partial charge in [-0.05, 0) is 54.4 Å². The Morgan fingerprint density at radius 1 is 1.48 bits per heavy atom. The zero-order chi connectivity index (χ0) is 15.6. The Kier molecular flexibility index (Phi) is 4.88. The van der Waals surface area contributed by atoms with E-state index in [4.69, 9.17) is 9.47 Å². The summed E-state index contributed by atoms with van der Waals surface area (Å²) in [7, 11) is 0. The van der Waals surface area contributed by atoms with Crippen molar-refractivity contribution in [2.75, 3.05) is 19.7 Å². The lowest BCUT2D eigenvalue weighted by molar-refractivity contribution is -0.0433. The van der Waals surface area contributed by atoms with Gasteiger partial charge < -0.3 is 14.4 Å². The van der Waals surface area contributed by atoms with Crippen LogP contribution in [0.3, 0.4) is 0 Å². The van der Waals surface area contributed by atoms with Crippen molar-refractivity contribution >= 4 is 22.0 Å². The standard InChI is InChI=1S/C15H19BrFNO3/c1-15(2,3)21-14(19)18-6-7-20-13(9-18)10-4-5-11(16)12(17)8-10/h4-5,8,13H,6-7,9H2,1-3H3/t13-/m0/s1. The van der Waals surface area contributed by atoms with Gasteiger partial charge in [0.1, 0.15) is 17.5 Å². The number of carbonyl (C=O) groups excluding carboxylic acids is 1. The van der Waals surface area contributed by atoms with E-state index >= 15 is 0 Å². The maximum absolute atomic E-state index is 13.6. The third-order valence-corrected chi connectivity index (χ3v) is 3.68. The van der Waals surface area contributed by atoms with Crippen molar-refractivity contribution in [3.8, 4) is 0 Å². The number of carbonyl (C=O) groups is 1. The molecule has 1 atom stereocenters. The Hall–Kier alpha value is -1.14. The minimum absolute atomic E-state index is 0.339. The van der Waals surface area contributed by atoms with Crippen LogP contribution in [0.25, 0.3) is 0 Å². The van der Waals surface area contributed by atoms with Gasteiger partial charge in [0.15, 0.2) is 0 Å². The third kappa shape index (κ3) is 4.41. The van der Waals surface area contributed by atoms with Gasteiger partial charge in [0.2, 0.25) is 0 Å². The first kappa shape index (κ1) is 16.2. The maximum atomic E-state index is 13.6. The Morgan fingerprint density at radius 3 is 2.81 bits per heavy atom. The Balaban J connectivity index is 2.06. The van der Waals surface area contributed by atoms with Crippen LogP contribution in [0, 0.1) is 5.82 Å². The largest absolute Gasteiger partial charge is 0.444 e. The minimum atomic E-state index is -0.533. The molecule has 2 rings (SSSR count). The first-order chi connectivity index (χ1) is 9.76. The van der Waals surface area contributed by atoms with Crippen LogP contribution >= 0.6 is 15.9 Å². The van der Waals surface area contributed by atoms with Crippen molar-refractivity contribution in [1.29, 1.82) is 0 Å². The molecule has 1 aliphatic rings. The van der Waals surface area contributed by atoms with Crippen LogP contribution in [0.5, 0.6) is 0 Å². The lowest BCUT2D eigenvalue weighted by Crippen LogP contribution is -2.44. The number of benzene rings is 1. The number of halogens is 2. The topological polar surface area (TPSA) is 38.8 Å².